The molecule has 0 aliphatic heterocycles. The van der Waals surface area contributed by atoms with Crippen LogP contribution in [0.15, 0.2) is 57.6 Å². The van der Waals surface area contributed by atoms with Crippen molar-refractivity contribution in [3.8, 4) is 5.75 Å². The van der Waals surface area contributed by atoms with E-state index in [1.807, 2.05) is 0 Å². The molecule has 0 unspecified atom stereocenters. The van der Waals surface area contributed by atoms with E-state index in [0.29, 0.717) is 0 Å². The Balaban J connectivity index is 2.20. The van der Waals surface area contributed by atoms with Crippen LogP contribution in [0.5, 0.6) is 5.75 Å². The number of carbonyl (C=O) groups excluding carboxylic acids is 2. The first-order valence-electron chi connectivity index (χ1n) is 8.15. The summed E-state index contributed by atoms with van der Waals surface area (Å²) in [6, 6.07) is 8.07. The molecule has 2 rings (SSSR count). The summed E-state index contributed by atoms with van der Waals surface area (Å²) < 4.78 is 36.2. The van der Waals surface area contributed by atoms with Crippen molar-refractivity contribution in [2.75, 3.05) is 18.6 Å². The van der Waals surface area contributed by atoms with Crippen LogP contribution >= 0.6 is 0 Å². The molecule has 0 aliphatic rings. The average molecular weight is 436 g/mol. The predicted molar refractivity (Wildman–Crippen MR) is 103 cm³/mol. The molecule has 2 aromatic carbocycles. The van der Waals surface area contributed by atoms with Gasteiger partial charge in [0.2, 0.25) is 5.91 Å². The minimum atomic E-state index is -4.42. The number of hydrogen-bond donors (Lipinski definition) is 1. The molecular weight excluding hydrogens is 420 g/mol. The number of rotatable bonds is 7. The summed E-state index contributed by atoms with van der Waals surface area (Å²) in [4.78, 5) is 34.9. The lowest BCUT2D eigenvalue weighted by Crippen LogP contribution is -2.36. The standard InChI is InChI=1S/C17H16N4O8S/c1-11(22)20(12-3-6-14(7-4-12)30(26,27)28)17(23)10-18-19-15-8-5-13(21(24)25)9-16(15)29-2/h3-9H,10H2,1-2H3,(H,26,27,28). The summed E-state index contributed by atoms with van der Waals surface area (Å²) in [5.41, 5.74) is 0.00349. The Kier molecular flexibility index (Phi) is 6.92. The van der Waals surface area contributed by atoms with Crippen LogP contribution in [0.4, 0.5) is 17.1 Å². The first-order valence-corrected chi connectivity index (χ1v) is 9.59. The predicted octanol–water partition coefficient (Wildman–Crippen LogP) is 2.51. The summed E-state index contributed by atoms with van der Waals surface area (Å²) in [6.45, 7) is 0.588. The third-order valence-electron chi connectivity index (χ3n) is 3.72. The van der Waals surface area contributed by atoms with Crippen molar-refractivity contribution < 1.29 is 32.2 Å². The van der Waals surface area contributed by atoms with Gasteiger partial charge in [-0.25, -0.2) is 4.90 Å². The third-order valence-corrected chi connectivity index (χ3v) is 4.58. The smallest absolute Gasteiger partial charge is 0.294 e. The van der Waals surface area contributed by atoms with Gasteiger partial charge in [0, 0.05) is 13.0 Å². The molecule has 0 atom stereocenters. The minimum Gasteiger partial charge on any atom is -0.494 e. The lowest BCUT2D eigenvalue weighted by molar-refractivity contribution is -0.384. The second-order valence-corrected chi connectivity index (χ2v) is 7.15. The lowest BCUT2D eigenvalue weighted by Gasteiger charge is -2.18. The first-order chi connectivity index (χ1) is 14.0. The van der Waals surface area contributed by atoms with Crippen LogP contribution in [0, 0.1) is 10.1 Å². The van der Waals surface area contributed by atoms with Crippen LogP contribution in [0.1, 0.15) is 6.92 Å². The van der Waals surface area contributed by atoms with Crippen molar-refractivity contribution in [3.05, 3.63) is 52.6 Å². The summed E-state index contributed by atoms with van der Waals surface area (Å²) in [6.07, 6.45) is 0. The van der Waals surface area contributed by atoms with Gasteiger partial charge in [-0.15, -0.1) is 0 Å². The van der Waals surface area contributed by atoms with E-state index in [9.17, 15) is 28.1 Å². The van der Waals surface area contributed by atoms with E-state index < -0.39 is 38.3 Å². The molecule has 0 aromatic heterocycles. The summed E-state index contributed by atoms with van der Waals surface area (Å²) in [5.74, 6) is -1.33. The van der Waals surface area contributed by atoms with Gasteiger partial charge in [0.05, 0.1) is 28.7 Å². The van der Waals surface area contributed by atoms with Crippen molar-refractivity contribution in [1.29, 1.82) is 0 Å². The number of anilines is 1. The van der Waals surface area contributed by atoms with Crippen LogP contribution in [0.25, 0.3) is 0 Å². The highest BCUT2D eigenvalue weighted by atomic mass is 32.2. The van der Waals surface area contributed by atoms with E-state index in [-0.39, 0.29) is 22.8 Å². The van der Waals surface area contributed by atoms with Crippen molar-refractivity contribution in [1.82, 2.24) is 0 Å². The fraction of sp³-hybridized carbons (Fsp3) is 0.176. The van der Waals surface area contributed by atoms with E-state index in [1.165, 1.54) is 31.4 Å². The number of carbonyl (C=O) groups is 2. The number of amides is 2. The van der Waals surface area contributed by atoms with Crippen molar-refractivity contribution in [2.24, 2.45) is 10.2 Å². The highest BCUT2D eigenvalue weighted by Crippen LogP contribution is 2.31. The number of nitro groups is 1. The number of azo groups is 1. The van der Waals surface area contributed by atoms with E-state index >= 15 is 0 Å². The van der Waals surface area contributed by atoms with Crippen LogP contribution in [0.2, 0.25) is 0 Å². The zero-order chi connectivity index (χ0) is 22.5. The topological polar surface area (TPSA) is 169 Å². The molecule has 30 heavy (non-hydrogen) atoms. The summed E-state index contributed by atoms with van der Waals surface area (Å²) >= 11 is 0. The molecule has 0 spiro atoms. The van der Waals surface area contributed by atoms with Crippen molar-refractivity contribution in [3.63, 3.8) is 0 Å². The summed E-state index contributed by atoms with van der Waals surface area (Å²) in [5, 5.41) is 18.3. The number of hydrogen-bond acceptors (Lipinski definition) is 9. The van der Waals surface area contributed by atoms with Gasteiger partial charge in [0.25, 0.3) is 21.7 Å². The molecule has 13 heteroatoms. The van der Waals surface area contributed by atoms with Crippen molar-refractivity contribution >= 4 is 39.0 Å². The molecule has 0 fully saturated rings. The van der Waals surface area contributed by atoms with Crippen LogP contribution < -0.4 is 9.64 Å². The normalized spacial score (nSPS) is 11.3. The molecule has 0 saturated carbocycles. The van der Waals surface area contributed by atoms with Crippen LogP contribution in [-0.4, -0.2) is 43.4 Å². The molecular formula is C17H16N4O8S. The van der Waals surface area contributed by atoms with Crippen LogP contribution in [0.3, 0.4) is 0 Å². The van der Waals surface area contributed by atoms with Gasteiger partial charge < -0.3 is 4.74 Å². The third kappa shape index (κ3) is 5.42. The molecule has 0 bridgehead atoms. The molecule has 0 saturated heterocycles. The minimum absolute atomic E-state index is 0.0722. The Morgan fingerprint density at radius 2 is 1.83 bits per heavy atom. The lowest BCUT2D eigenvalue weighted by atomic mass is 10.2. The SMILES string of the molecule is COc1cc([N+](=O)[O-])ccc1N=NCC(=O)N(C(C)=O)c1ccc(S(=O)(=O)O)cc1. The van der Waals surface area contributed by atoms with Gasteiger partial charge in [-0.3, -0.25) is 24.3 Å². The zero-order valence-corrected chi connectivity index (χ0v) is 16.6. The Morgan fingerprint density at radius 3 is 2.33 bits per heavy atom. The average Bonchev–Trinajstić information content (AvgIpc) is 2.67. The molecule has 2 aromatic rings. The first kappa shape index (κ1) is 22.6. The number of ether oxygens (including phenoxy) is 1. The Bertz CT molecular complexity index is 1110. The molecule has 12 nitrogen and oxygen atoms in total. The van der Waals surface area contributed by atoms with Gasteiger partial charge in [-0.2, -0.15) is 18.6 Å². The monoisotopic (exact) mass is 436 g/mol. The number of nitro benzene ring substituents is 1. The van der Waals surface area contributed by atoms with E-state index in [1.54, 1.807) is 0 Å². The Labute approximate surface area is 170 Å². The Hall–Kier alpha value is -3.71. The number of imide groups is 1. The summed E-state index contributed by atoms with van der Waals surface area (Å²) in [7, 11) is -3.13. The highest BCUT2D eigenvalue weighted by Gasteiger charge is 2.21. The second kappa shape index (κ2) is 9.19. The number of nitrogens with zero attached hydrogens (tertiary/aromatic N) is 4. The molecule has 0 aliphatic carbocycles. The molecule has 2 amide bonds. The number of non-ortho nitro benzene ring substituents is 1. The van der Waals surface area contributed by atoms with E-state index in [4.69, 9.17) is 9.29 Å². The van der Waals surface area contributed by atoms with Gasteiger partial charge >= 0.3 is 0 Å². The van der Waals surface area contributed by atoms with E-state index in [0.717, 1.165) is 30.0 Å². The van der Waals surface area contributed by atoms with Gasteiger partial charge in [0.1, 0.15) is 12.2 Å². The number of methoxy groups -OCH3 is 1. The Morgan fingerprint density at radius 1 is 1.20 bits per heavy atom. The molecule has 1 N–H and O–H groups in total. The maximum atomic E-state index is 12.4. The fourth-order valence-corrected chi connectivity index (χ4v) is 2.85. The maximum Gasteiger partial charge on any atom is 0.294 e. The van der Waals surface area contributed by atoms with E-state index in [2.05, 4.69) is 10.2 Å². The number of benzene rings is 2. The van der Waals surface area contributed by atoms with Gasteiger partial charge in [-0.1, -0.05) is 0 Å². The zero-order valence-electron chi connectivity index (χ0n) is 15.8. The molecule has 0 heterocycles. The fourth-order valence-electron chi connectivity index (χ4n) is 2.37. The molecule has 158 valence electrons. The second-order valence-electron chi connectivity index (χ2n) is 5.73. The van der Waals surface area contributed by atoms with Crippen LogP contribution in [-0.2, 0) is 19.7 Å². The van der Waals surface area contributed by atoms with Gasteiger partial charge in [0.15, 0.2) is 5.75 Å². The highest BCUT2D eigenvalue weighted by molar-refractivity contribution is 7.85. The largest absolute Gasteiger partial charge is 0.494 e. The quantitative estimate of drug-likeness (QED) is 0.299. The maximum absolute atomic E-state index is 12.4. The molecule has 0 radical (unpaired) electrons. The van der Waals surface area contributed by atoms with Gasteiger partial charge in [-0.05, 0) is 30.3 Å². The van der Waals surface area contributed by atoms with Crippen molar-refractivity contribution in [2.45, 2.75) is 11.8 Å².